The normalized spacial score (nSPS) is 13.7. The summed E-state index contributed by atoms with van der Waals surface area (Å²) in [5.74, 6) is -0.383. The van der Waals surface area contributed by atoms with Gasteiger partial charge in [0.2, 0.25) is 0 Å². The van der Waals surface area contributed by atoms with E-state index in [1.807, 2.05) is 0 Å². The molecule has 9 heteroatoms. The number of amides is 3. The van der Waals surface area contributed by atoms with Crippen LogP contribution in [0.3, 0.4) is 0 Å². The van der Waals surface area contributed by atoms with E-state index in [9.17, 15) is 9.59 Å². The van der Waals surface area contributed by atoms with Crippen LogP contribution in [0.2, 0.25) is 15.1 Å². The SMILES string of the molecule is O=C(Nc1ccccc1NC(=O)N1CCCC1)c1sc2cc(Cl)cc(Cl)c2c1Cl. The minimum Gasteiger partial charge on any atom is -0.325 e. The molecule has 3 amide bonds. The predicted molar refractivity (Wildman–Crippen MR) is 121 cm³/mol. The van der Waals surface area contributed by atoms with E-state index in [2.05, 4.69) is 10.6 Å². The molecule has 2 N–H and O–H groups in total. The lowest BCUT2D eigenvalue weighted by molar-refractivity contribution is 0.103. The van der Waals surface area contributed by atoms with Crippen molar-refractivity contribution in [1.29, 1.82) is 0 Å². The molecule has 1 aliphatic rings. The summed E-state index contributed by atoms with van der Waals surface area (Å²) in [4.78, 5) is 27.4. The molecule has 0 spiro atoms. The lowest BCUT2D eigenvalue weighted by Gasteiger charge is -2.18. The van der Waals surface area contributed by atoms with Crippen molar-refractivity contribution in [2.75, 3.05) is 23.7 Å². The van der Waals surface area contributed by atoms with Gasteiger partial charge in [-0.15, -0.1) is 11.3 Å². The van der Waals surface area contributed by atoms with E-state index in [-0.39, 0.29) is 17.0 Å². The lowest BCUT2D eigenvalue weighted by Crippen LogP contribution is -2.32. The summed E-state index contributed by atoms with van der Waals surface area (Å²) in [7, 11) is 0. The van der Waals surface area contributed by atoms with Crippen LogP contribution in [0.25, 0.3) is 10.1 Å². The fourth-order valence-corrected chi connectivity index (χ4v) is 5.53. The molecule has 2 aromatic carbocycles. The van der Waals surface area contributed by atoms with Gasteiger partial charge in [-0.05, 0) is 37.1 Å². The Balaban J connectivity index is 1.59. The smallest absolute Gasteiger partial charge is 0.321 e. The molecule has 1 fully saturated rings. The van der Waals surface area contributed by atoms with Crippen LogP contribution < -0.4 is 10.6 Å². The molecule has 3 aromatic rings. The number of likely N-dealkylation sites (tertiary alicyclic amines) is 1. The Morgan fingerprint density at radius 1 is 0.966 bits per heavy atom. The number of nitrogens with zero attached hydrogens (tertiary/aromatic N) is 1. The first-order valence-electron chi connectivity index (χ1n) is 8.97. The van der Waals surface area contributed by atoms with E-state index < -0.39 is 0 Å². The van der Waals surface area contributed by atoms with Crippen LogP contribution in [-0.2, 0) is 0 Å². The van der Waals surface area contributed by atoms with Gasteiger partial charge >= 0.3 is 6.03 Å². The second-order valence-corrected chi connectivity index (χ2v) is 8.90. The van der Waals surface area contributed by atoms with Gasteiger partial charge in [0.1, 0.15) is 4.88 Å². The van der Waals surface area contributed by atoms with E-state index in [0.717, 1.165) is 30.6 Å². The van der Waals surface area contributed by atoms with E-state index in [1.54, 1.807) is 41.3 Å². The molecule has 0 bridgehead atoms. The number of carbonyl (C=O) groups is 2. The quantitative estimate of drug-likeness (QED) is 0.447. The number of rotatable bonds is 3. The summed E-state index contributed by atoms with van der Waals surface area (Å²) >= 11 is 19.9. The molecule has 4 rings (SSSR count). The van der Waals surface area contributed by atoms with Crippen LogP contribution in [0.4, 0.5) is 16.2 Å². The number of para-hydroxylation sites is 2. The number of hydrogen-bond acceptors (Lipinski definition) is 3. The first-order valence-corrected chi connectivity index (χ1v) is 10.9. The first kappa shape index (κ1) is 20.3. The van der Waals surface area contributed by atoms with Gasteiger partial charge in [-0.1, -0.05) is 46.9 Å². The highest BCUT2D eigenvalue weighted by Gasteiger charge is 2.22. The number of urea groups is 1. The second kappa shape index (κ2) is 8.40. The molecule has 1 saturated heterocycles. The van der Waals surface area contributed by atoms with E-state index in [4.69, 9.17) is 34.8 Å². The van der Waals surface area contributed by atoms with Gasteiger partial charge in [-0.3, -0.25) is 4.79 Å². The van der Waals surface area contributed by atoms with Crippen molar-refractivity contribution >= 4 is 79.5 Å². The van der Waals surface area contributed by atoms with Gasteiger partial charge in [0.15, 0.2) is 0 Å². The predicted octanol–water partition coefficient (Wildman–Crippen LogP) is 6.74. The number of thiophene rings is 1. The lowest BCUT2D eigenvalue weighted by atomic mass is 10.2. The Morgan fingerprint density at radius 2 is 1.62 bits per heavy atom. The maximum atomic E-state index is 12.9. The van der Waals surface area contributed by atoms with Gasteiger partial charge in [-0.25, -0.2) is 4.79 Å². The van der Waals surface area contributed by atoms with Crippen molar-refractivity contribution < 1.29 is 9.59 Å². The topological polar surface area (TPSA) is 61.4 Å². The molecule has 0 aliphatic carbocycles. The largest absolute Gasteiger partial charge is 0.325 e. The van der Waals surface area contributed by atoms with Gasteiger partial charge in [0, 0.05) is 28.2 Å². The summed E-state index contributed by atoms with van der Waals surface area (Å²) in [6.07, 6.45) is 2.01. The molecule has 2 heterocycles. The number of halogens is 3. The molecule has 150 valence electrons. The summed E-state index contributed by atoms with van der Waals surface area (Å²) in [5, 5.41) is 7.46. The van der Waals surface area contributed by atoms with Gasteiger partial charge in [0.25, 0.3) is 5.91 Å². The van der Waals surface area contributed by atoms with E-state index in [0.29, 0.717) is 31.7 Å². The highest BCUT2D eigenvalue weighted by Crippen LogP contribution is 2.41. The maximum absolute atomic E-state index is 12.9. The van der Waals surface area contributed by atoms with Crippen molar-refractivity contribution in [3.63, 3.8) is 0 Å². The Hall–Kier alpha value is -1.99. The third kappa shape index (κ3) is 4.16. The highest BCUT2D eigenvalue weighted by atomic mass is 35.5. The Morgan fingerprint density at radius 3 is 2.31 bits per heavy atom. The monoisotopic (exact) mass is 467 g/mol. The van der Waals surface area contributed by atoms with Crippen LogP contribution in [0.1, 0.15) is 22.5 Å². The minimum absolute atomic E-state index is 0.175. The maximum Gasteiger partial charge on any atom is 0.321 e. The summed E-state index contributed by atoms with van der Waals surface area (Å²) < 4.78 is 0.730. The van der Waals surface area contributed by atoms with Crippen LogP contribution in [0, 0.1) is 0 Å². The van der Waals surface area contributed by atoms with Gasteiger partial charge in [-0.2, -0.15) is 0 Å². The second-order valence-electron chi connectivity index (χ2n) is 6.63. The summed E-state index contributed by atoms with van der Waals surface area (Å²) in [5.41, 5.74) is 1.01. The molecule has 1 aliphatic heterocycles. The Bertz CT molecular complexity index is 1110. The fourth-order valence-electron chi connectivity index (χ4n) is 3.25. The standard InChI is InChI=1S/C20H16Cl3N3O2S/c21-11-9-12(22)16-15(10-11)29-18(17(16)23)19(27)24-13-5-1-2-6-14(13)25-20(28)26-7-3-4-8-26/h1-2,5-6,9-10H,3-4,7-8H2,(H,24,27)(H,25,28). The van der Waals surface area contributed by atoms with E-state index in [1.165, 1.54) is 11.3 Å². The summed E-state index contributed by atoms with van der Waals surface area (Å²) in [6, 6.07) is 10.2. The molecular formula is C20H16Cl3N3O2S. The van der Waals surface area contributed by atoms with Crippen molar-refractivity contribution in [3.05, 3.63) is 56.3 Å². The highest BCUT2D eigenvalue weighted by molar-refractivity contribution is 7.21. The van der Waals surface area contributed by atoms with Crippen molar-refractivity contribution in [2.45, 2.75) is 12.8 Å². The van der Waals surface area contributed by atoms with Gasteiger partial charge in [0.05, 0.1) is 21.4 Å². The average Bonchev–Trinajstić information content (AvgIpc) is 3.31. The molecule has 0 atom stereocenters. The van der Waals surface area contributed by atoms with Crippen LogP contribution in [0.15, 0.2) is 36.4 Å². The first-order chi connectivity index (χ1) is 13.9. The third-order valence-electron chi connectivity index (χ3n) is 4.67. The summed E-state index contributed by atoms with van der Waals surface area (Å²) in [6.45, 7) is 1.47. The van der Waals surface area contributed by atoms with Crippen molar-refractivity contribution in [2.24, 2.45) is 0 Å². The van der Waals surface area contributed by atoms with Crippen LogP contribution in [0.5, 0.6) is 0 Å². The van der Waals surface area contributed by atoms with Gasteiger partial charge < -0.3 is 15.5 Å². The number of hydrogen-bond donors (Lipinski definition) is 2. The van der Waals surface area contributed by atoms with Crippen LogP contribution in [-0.4, -0.2) is 29.9 Å². The zero-order chi connectivity index (χ0) is 20.5. The molecule has 0 radical (unpaired) electrons. The Kier molecular flexibility index (Phi) is 5.88. The van der Waals surface area contributed by atoms with E-state index >= 15 is 0 Å². The number of anilines is 2. The molecule has 0 saturated carbocycles. The number of carbonyl (C=O) groups excluding carboxylic acids is 2. The average molecular weight is 469 g/mol. The molecule has 29 heavy (non-hydrogen) atoms. The minimum atomic E-state index is -0.383. The van der Waals surface area contributed by atoms with Crippen molar-refractivity contribution in [3.8, 4) is 0 Å². The Labute approximate surface area is 186 Å². The number of fused-ring (bicyclic) bond motifs is 1. The number of nitrogens with one attached hydrogen (secondary N) is 2. The molecule has 1 aromatic heterocycles. The zero-order valence-corrected chi connectivity index (χ0v) is 18.2. The molecular weight excluding hydrogens is 453 g/mol. The van der Waals surface area contributed by atoms with Crippen molar-refractivity contribution in [1.82, 2.24) is 4.90 Å². The zero-order valence-electron chi connectivity index (χ0n) is 15.1. The molecule has 0 unspecified atom stereocenters. The van der Waals surface area contributed by atoms with Crippen LogP contribution >= 0.6 is 46.1 Å². The number of benzene rings is 2. The molecule has 5 nitrogen and oxygen atoms in total. The fraction of sp³-hybridized carbons (Fsp3) is 0.200. The third-order valence-corrected chi connectivity index (χ3v) is 6.81.